The molecule has 4 nitrogen and oxygen atoms in total. The molecule has 0 aliphatic rings. The van der Waals surface area contributed by atoms with Gasteiger partial charge in [0.1, 0.15) is 11.6 Å². The molecule has 0 bridgehead atoms. The minimum Gasteiger partial charge on any atom is -0.496 e. The van der Waals surface area contributed by atoms with E-state index in [0.717, 1.165) is 13.1 Å². The summed E-state index contributed by atoms with van der Waals surface area (Å²) in [7, 11) is 3.73. The Balaban J connectivity index is 2.66. The Kier molecular flexibility index (Phi) is 6.36. The second-order valence-corrected chi connectivity index (χ2v) is 4.89. The molecule has 0 spiro atoms. The Labute approximate surface area is 116 Å². The molecule has 106 valence electrons. The first kappa shape index (κ1) is 15.5. The van der Waals surface area contributed by atoms with Crippen LogP contribution in [0.25, 0.3) is 0 Å². The van der Waals surface area contributed by atoms with E-state index in [4.69, 9.17) is 15.9 Å². The minimum absolute atomic E-state index is 0.0414. The lowest BCUT2D eigenvalue weighted by Gasteiger charge is -2.17. The number of nitrogens with two attached hydrogens (primary N) is 1. The van der Waals surface area contributed by atoms with Crippen molar-refractivity contribution >= 4 is 5.84 Å². The molecule has 1 aromatic carbocycles. The van der Waals surface area contributed by atoms with Gasteiger partial charge in [-0.25, -0.2) is 0 Å². The summed E-state index contributed by atoms with van der Waals surface area (Å²) in [6, 6.07) is 5.83. The highest BCUT2D eigenvalue weighted by Crippen LogP contribution is 2.20. The zero-order valence-corrected chi connectivity index (χ0v) is 12.2. The van der Waals surface area contributed by atoms with Gasteiger partial charge in [-0.15, -0.1) is 0 Å². The highest BCUT2D eigenvalue weighted by Gasteiger charge is 2.08. The van der Waals surface area contributed by atoms with E-state index in [1.807, 2.05) is 18.2 Å². The molecule has 0 heterocycles. The van der Waals surface area contributed by atoms with Crippen LogP contribution >= 0.6 is 0 Å². The minimum atomic E-state index is 0.0414. The zero-order valence-electron chi connectivity index (χ0n) is 12.2. The highest BCUT2D eigenvalue weighted by molar-refractivity contribution is 5.97. The van der Waals surface area contributed by atoms with Crippen LogP contribution < -0.4 is 10.5 Å². The molecule has 3 N–H and O–H groups in total. The Morgan fingerprint density at radius 2 is 2.11 bits per heavy atom. The van der Waals surface area contributed by atoms with Crippen LogP contribution in [0, 0.1) is 5.41 Å². The van der Waals surface area contributed by atoms with Gasteiger partial charge in [0.15, 0.2) is 0 Å². The third kappa shape index (κ3) is 4.91. The monoisotopic (exact) mass is 263 g/mol. The Morgan fingerprint density at radius 3 is 2.68 bits per heavy atom. The number of hydrogen-bond donors (Lipinski definition) is 2. The maximum atomic E-state index is 7.49. The standard InChI is InChI=1S/C15H25N3O/c1-4-5-6-9-18(2)11-12-7-8-13(15(16)17)14(10-12)19-3/h7-8,10H,4-6,9,11H2,1-3H3,(H3,16,17). The summed E-state index contributed by atoms with van der Waals surface area (Å²) in [4.78, 5) is 2.30. The van der Waals surface area contributed by atoms with Crippen LogP contribution in [0.2, 0.25) is 0 Å². The summed E-state index contributed by atoms with van der Waals surface area (Å²) in [6.45, 7) is 4.20. The molecule has 19 heavy (non-hydrogen) atoms. The summed E-state index contributed by atoms with van der Waals surface area (Å²) in [5.74, 6) is 0.714. The second-order valence-electron chi connectivity index (χ2n) is 4.89. The van der Waals surface area contributed by atoms with Crippen LogP contribution in [0.3, 0.4) is 0 Å². The predicted octanol–water partition coefficient (Wildman–Crippen LogP) is 2.60. The molecule has 0 amide bonds. The van der Waals surface area contributed by atoms with Crippen LogP contribution in [0.5, 0.6) is 5.75 Å². The van der Waals surface area contributed by atoms with E-state index in [1.165, 1.54) is 24.8 Å². The number of nitrogens with one attached hydrogen (secondary N) is 1. The summed E-state index contributed by atoms with van der Waals surface area (Å²) in [6.07, 6.45) is 3.75. The molecular weight excluding hydrogens is 238 g/mol. The van der Waals surface area contributed by atoms with Crippen molar-refractivity contribution in [2.75, 3.05) is 20.7 Å². The number of rotatable bonds is 8. The highest BCUT2D eigenvalue weighted by atomic mass is 16.5. The number of nitrogen functional groups attached to an aromatic ring is 1. The Morgan fingerprint density at radius 1 is 1.37 bits per heavy atom. The van der Waals surface area contributed by atoms with E-state index >= 15 is 0 Å². The predicted molar refractivity (Wildman–Crippen MR) is 79.9 cm³/mol. The molecule has 0 aliphatic heterocycles. The van der Waals surface area contributed by atoms with Crippen molar-refractivity contribution in [2.24, 2.45) is 5.73 Å². The largest absolute Gasteiger partial charge is 0.496 e. The number of ether oxygens (including phenoxy) is 1. The van der Waals surface area contributed by atoms with E-state index in [9.17, 15) is 0 Å². The maximum absolute atomic E-state index is 7.49. The quantitative estimate of drug-likeness (QED) is 0.430. The van der Waals surface area contributed by atoms with Gasteiger partial charge in [-0.05, 0) is 37.7 Å². The van der Waals surface area contributed by atoms with E-state index in [2.05, 4.69) is 18.9 Å². The van der Waals surface area contributed by atoms with Crippen molar-refractivity contribution < 1.29 is 4.74 Å². The first-order valence-electron chi connectivity index (χ1n) is 6.78. The molecule has 0 radical (unpaired) electrons. The third-order valence-corrected chi connectivity index (χ3v) is 3.15. The zero-order chi connectivity index (χ0) is 14.3. The summed E-state index contributed by atoms with van der Waals surface area (Å²) < 4.78 is 5.29. The maximum Gasteiger partial charge on any atom is 0.130 e. The number of unbranched alkanes of at least 4 members (excludes halogenated alkanes) is 2. The van der Waals surface area contributed by atoms with Gasteiger partial charge < -0.3 is 15.4 Å². The summed E-state index contributed by atoms with van der Waals surface area (Å²) in [5.41, 5.74) is 7.35. The Bertz CT molecular complexity index is 418. The van der Waals surface area contributed by atoms with Gasteiger partial charge in [-0.1, -0.05) is 25.8 Å². The lowest BCUT2D eigenvalue weighted by atomic mass is 10.1. The van der Waals surface area contributed by atoms with Gasteiger partial charge in [0, 0.05) is 6.54 Å². The number of nitrogens with zero attached hydrogens (tertiary/aromatic N) is 1. The normalized spacial score (nSPS) is 10.7. The van der Waals surface area contributed by atoms with Crippen LogP contribution in [-0.4, -0.2) is 31.4 Å². The SMILES string of the molecule is CCCCCN(C)Cc1ccc(C(=N)N)c(OC)c1. The van der Waals surface area contributed by atoms with Crippen molar-refractivity contribution in [3.63, 3.8) is 0 Å². The van der Waals surface area contributed by atoms with Crippen LogP contribution in [0.1, 0.15) is 37.3 Å². The average Bonchev–Trinajstić information content (AvgIpc) is 2.38. The molecule has 0 saturated heterocycles. The number of hydrogen-bond acceptors (Lipinski definition) is 3. The van der Waals surface area contributed by atoms with Crippen LogP contribution in [0.15, 0.2) is 18.2 Å². The smallest absolute Gasteiger partial charge is 0.130 e. The topological polar surface area (TPSA) is 62.3 Å². The molecule has 0 atom stereocenters. The third-order valence-electron chi connectivity index (χ3n) is 3.15. The van der Waals surface area contributed by atoms with Crippen molar-refractivity contribution in [2.45, 2.75) is 32.7 Å². The van der Waals surface area contributed by atoms with E-state index in [1.54, 1.807) is 7.11 Å². The van der Waals surface area contributed by atoms with Crippen LogP contribution in [-0.2, 0) is 6.54 Å². The number of methoxy groups -OCH3 is 1. The molecule has 0 saturated carbocycles. The van der Waals surface area contributed by atoms with Crippen LogP contribution in [0.4, 0.5) is 0 Å². The number of benzene rings is 1. The van der Waals surface area contributed by atoms with Gasteiger partial charge in [0.2, 0.25) is 0 Å². The van der Waals surface area contributed by atoms with Gasteiger partial charge in [-0.2, -0.15) is 0 Å². The van der Waals surface area contributed by atoms with Gasteiger partial charge >= 0.3 is 0 Å². The molecule has 1 aromatic rings. The van der Waals surface area contributed by atoms with E-state index in [-0.39, 0.29) is 5.84 Å². The molecule has 4 heteroatoms. The molecule has 1 rings (SSSR count). The van der Waals surface area contributed by atoms with Gasteiger partial charge in [0.25, 0.3) is 0 Å². The molecular formula is C15H25N3O. The summed E-state index contributed by atoms with van der Waals surface area (Å²) >= 11 is 0. The van der Waals surface area contributed by atoms with Gasteiger partial charge in [0.05, 0.1) is 12.7 Å². The molecule has 0 aliphatic carbocycles. The first-order chi connectivity index (χ1) is 9.08. The van der Waals surface area contributed by atoms with Gasteiger partial charge in [-0.3, -0.25) is 5.41 Å². The fraction of sp³-hybridized carbons (Fsp3) is 0.533. The molecule has 0 aromatic heterocycles. The second kappa shape index (κ2) is 7.79. The molecule has 0 unspecified atom stereocenters. The Hall–Kier alpha value is -1.55. The summed E-state index contributed by atoms with van der Waals surface area (Å²) in [5, 5.41) is 7.49. The lowest BCUT2D eigenvalue weighted by Crippen LogP contribution is -2.19. The fourth-order valence-electron chi connectivity index (χ4n) is 2.08. The van der Waals surface area contributed by atoms with E-state index in [0.29, 0.717) is 11.3 Å². The van der Waals surface area contributed by atoms with Crippen molar-refractivity contribution in [1.29, 1.82) is 5.41 Å². The van der Waals surface area contributed by atoms with Crippen molar-refractivity contribution in [1.82, 2.24) is 4.90 Å². The van der Waals surface area contributed by atoms with E-state index < -0.39 is 0 Å². The molecule has 0 fully saturated rings. The number of amidine groups is 1. The van der Waals surface area contributed by atoms with Crippen molar-refractivity contribution in [3.05, 3.63) is 29.3 Å². The fourth-order valence-corrected chi connectivity index (χ4v) is 2.08. The van der Waals surface area contributed by atoms with Crippen molar-refractivity contribution in [3.8, 4) is 5.75 Å². The lowest BCUT2D eigenvalue weighted by molar-refractivity contribution is 0.317. The average molecular weight is 263 g/mol. The first-order valence-corrected chi connectivity index (χ1v) is 6.78.